The molecule has 0 fully saturated rings. The van der Waals surface area contributed by atoms with Gasteiger partial charge in [0.25, 0.3) is 5.35 Å². The van der Waals surface area contributed by atoms with E-state index in [9.17, 15) is 4.79 Å². The van der Waals surface area contributed by atoms with Crippen LogP contribution in [0, 0.1) is 0 Å². The molecule has 1 aromatic heterocycles. The molecule has 0 aliphatic heterocycles. The lowest BCUT2D eigenvalue weighted by molar-refractivity contribution is -0.116. The van der Waals surface area contributed by atoms with Gasteiger partial charge in [-0.2, -0.15) is 4.98 Å². The molecule has 0 saturated carbocycles. The second kappa shape index (κ2) is 5.38. The maximum absolute atomic E-state index is 11.5. The van der Waals surface area contributed by atoms with Gasteiger partial charge in [0.1, 0.15) is 5.52 Å². The van der Waals surface area contributed by atoms with Crippen molar-refractivity contribution in [3.8, 4) is 0 Å². The van der Waals surface area contributed by atoms with Gasteiger partial charge in [-0.05, 0) is 30.2 Å². The molecular weight excluding hydrogens is 263 g/mol. The zero-order valence-electron chi connectivity index (χ0n) is 8.87. The second-order valence-electron chi connectivity index (χ2n) is 3.49. The number of carbonyl (C=O) groups excluding carboxylic acids is 1. The summed E-state index contributed by atoms with van der Waals surface area (Å²) in [6, 6.07) is 5.18. The molecule has 17 heavy (non-hydrogen) atoms. The zero-order valence-corrected chi connectivity index (χ0v) is 10.4. The molecule has 0 unspecified atom stereocenters. The highest BCUT2D eigenvalue weighted by Gasteiger charge is 2.06. The summed E-state index contributed by atoms with van der Waals surface area (Å²) in [6.07, 6.45) is 1.06. The van der Waals surface area contributed by atoms with Crippen LogP contribution in [-0.4, -0.2) is 16.8 Å². The van der Waals surface area contributed by atoms with Crippen LogP contribution in [0.4, 0.5) is 5.69 Å². The topological polar surface area (TPSA) is 55.1 Å². The van der Waals surface area contributed by atoms with E-state index in [4.69, 9.17) is 27.6 Å². The summed E-state index contributed by atoms with van der Waals surface area (Å²) in [6.45, 7) is 0. The van der Waals surface area contributed by atoms with E-state index < -0.39 is 0 Å². The molecule has 1 aromatic carbocycles. The molecular formula is C11H10Cl2N2O2. The van der Waals surface area contributed by atoms with Gasteiger partial charge < -0.3 is 9.73 Å². The lowest BCUT2D eigenvalue weighted by Crippen LogP contribution is -2.11. The number of halogens is 2. The summed E-state index contributed by atoms with van der Waals surface area (Å²) in [5.74, 6) is 0.403. The van der Waals surface area contributed by atoms with Crippen molar-refractivity contribution in [2.24, 2.45) is 0 Å². The molecule has 90 valence electrons. The van der Waals surface area contributed by atoms with Gasteiger partial charge in [0.2, 0.25) is 5.91 Å². The van der Waals surface area contributed by atoms with Crippen LogP contribution in [-0.2, 0) is 4.79 Å². The Hall–Kier alpha value is -1.26. The number of nitrogens with zero attached hydrogens (tertiary/aromatic N) is 1. The van der Waals surface area contributed by atoms with Crippen LogP contribution in [0.1, 0.15) is 12.8 Å². The number of benzene rings is 1. The van der Waals surface area contributed by atoms with Gasteiger partial charge >= 0.3 is 0 Å². The van der Waals surface area contributed by atoms with Gasteiger partial charge in [-0.1, -0.05) is 0 Å². The molecule has 1 heterocycles. The summed E-state index contributed by atoms with van der Waals surface area (Å²) in [5.41, 5.74) is 1.86. The molecule has 6 heteroatoms. The number of aromatic nitrogens is 1. The first-order chi connectivity index (χ1) is 8.19. The quantitative estimate of drug-likeness (QED) is 0.868. The van der Waals surface area contributed by atoms with Crippen molar-refractivity contribution in [3.05, 3.63) is 23.5 Å². The number of hydrogen-bond acceptors (Lipinski definition) is 3. The van der Waals surface area contributed by atoms with Crippen molar-refractivity contribution in [3.63, 3.8) is 0 Å². The van der Waals surface area contributed by atoms with Crippen LogP contribution in [0.15, 0.2) is 22.6 Å². The number of carbonyl (C=O) groups is 1. The van der Waals surface area contributed by atoms with Crippen molar-refractivity contribution in [1.82, 2.24) is 4.98 Å². The van der Waals surface area contributed by atoms with E-state index in [1.807, 2.05) is 0 Å². The van der Waals surface area contributed by atoms with Crippen molar-refractivity contribution in [1.29, 1.82) is 0 Å². The SMILES string of the molecule is O=C(CCCCl)Nc1ccc2nc(Cl)oc2c1. The molecule has 1 amide bonds. The molecule has 0 aliphatic carbocycles. The second-order valence-corrected chi connectivity index (χ2v) is 4.19. The van der Waals surface area contributed by atoms with Crippen molar-refractivity contribution in [2.75, 3.05) is 11.2 Å². The van der Waals surface area contributed by atoms with Gasteiger partial charge in [-0.25, -0.2) is 0 Å². The predicted octanol–water partition coefficient (Wildman–Crippen LogP) is 3.44. The van der Waals surface area contributed by atoms with E-state index in [1.165, 1.54) is 0 Å². The number of oxazole rings is 1. The minimum absolute atomic E-state index is 0.0735. The van der Waals surface area contributed by atoms with Crippen LogP contribution in [0.3, 0.4) is 0 Å². The highest BCUT2D eigenvalue weighted by atomic mass is 35.5. The molecule has 0 atom stereocenters. The fraction of sp³-hybridized carbons (Fsp3) is 0.273. The predicted molar refractivity (Wildman–Crippen MR) is 67.6 cm³/mol. The first-order valence-electron chi connectivity index (χ1n) is 5.11. The van der Waals surface area contributed by atoms with Crippen LogP contribution >= 0.6 is 23.2 Å². The first kappa shape index (κ1) is 12.2. The molecule has 0 radical (unpaired) electrons. The third-order valence-electron chi connectivity index (χ3n) is 2.18. The number of alkyl halides is 1. The molecule has 0 spiro atoms. The normalized spacial score (nSPS) is 10.7. The van der Waals surface area contributed by atoms with Gasteiger partial charge in [0.15, 0.2) is 5.58 Å². The summed E-state index contributed by atoms with van der Waals surface area (Å²) in [4.78, 5) is 15.4. The maximum atomic E-state index is 11.5. The van der Waals surface area contributed by atoms with E-state index in [-0.39, 0.29) is 11.3 Å². The molecule has 1 N–H and O–H groups in total. The van der Waals surface area contributed by atoms with Crippen LogP contribution in [0.5, 0.6) is 0 Å². The lowest BCUT2D eigenvalue weighted by atomic mass is 10.2. The van der Waals surface area contributed by atoms with E-state index in [0.29, 0.717) is 35.5 Å². The van der Waals surface area contributed by atoms with Gasteiger partial charge in [-0.3, -0.25) is 4.79 Å². The Labute approximate surface area is 108 Å². The minimum atomic E-state index is -0.0735. The summed E-state index contributed by atoms with van der Waals surface area (Å²) in [7, 11) is 0. The lowest BCUT2D eigenvalue weighted by Gasteiger charge is -2.03. The fourth-order valence-electron chi connectivity index (χ4n) is 1.43. The maximum Gasteiger partial charge on any atom is 0.293 e. The van der Waals surface area contributed by atoms with E-state index in [2.05, 4.69) is 10.3 Å². The molecule has 0 bridgehead atoms. The van der Waals surface area contributed by atoms with Crippen molar-refractivity contribution >= 4 is 45.9 Å². The average molecular weight is 273 g/mol. The van der Waals surface area contributed by atoms with Crippen molar-refractivity contribution < 1.29 is 9.21 Å². The largest absolute Gasteiger partial charge is 0.427 e. The number of hydrogen-bond donors (Lipinski definition) is 1. The number of fused-ring (bicyclic) bond motifs is 1. The first-order valence-corrected chi connectivity index (χ1v) is 6.02. The van der Waals surface area contributed by atoms with E-state index in [1.54, 1.807) is 18.2 Å². The van der Waals surface area contributed by atoms with Crippen molar-refractivity contribution in [2.45, 2.75) is 12.8 Å². The van der Waals surface area contributed by atoms with Crippen LogP contribution in [0.2, 0.25) is 5.35 Å². The Kier molecular flexibility index (Phi) is 3.86. The van der Waals surface area contributed by atoms with Gasteiger partial charge in [0.05, 0.1) is 0 Å². The number of anilines is 1. The summed E-state index contributed by atoms with van der Waals surface area (Å²) >= 11 is 11.1. The van der Waals surface area contributed by atoms with E-state index in [0.717, 1.165) is 0 Å². The smallest absolute Gasteiger partial charge is 0.293 e. The minimum Gasteiger partial charge on any atom is -0.427 e. The summed E-state index contributed by atoms with van der Waals surface area (Å²) < 4.78 is 5.15. The molecule has 2 rings (SSSR count). The number of amides is 1. The standard InChI is InChI=1S/C11H10Cl2N2O2/c12-5-1-2-10(16)14-7-3-4-8-9(6-7)17-11(13)15-8/h3-4,6H,1-2,5H2,(H,14,16). The Balaban J connectivity index is 2.10. The number of nitrogens with one attached hydrogen (secondary N) is 1. The van der Waals surface area contributed by atoms with Gasteiger partial charge in [0, 0.05) is 24.1 Å². The number of rotatable bonds is 4. The molecule has 0 aliphatic rings. The third kappa shape index (κ3) is 3.11. The zero-order chi connectivity index (χ0) is 12.3. The van der Waals surface area contributed by atoms with Gasteiger partial charge in [-0.15, -0.1) is 11.6 Å². The molecule has 4 nitrogen and oxygen atoms in total. The van der Waals surface area contributed by atoms with Crippen LogP contribution < -0.4 is 5.32 Å². The highest BCUT2D eigenvalue weighted by Crippen LogP contribution is 2.22. The Bertz CT molecular complexity index is 539. The molecule has 2 aromatic rings. The Morgan fingerprint density at radius 2 is 2.29 bits per heavy atom. The average Bonchev–Trinajstić information content (AvgIpc) is 2.65. The Morgan fingerprint density at radius 1 is 1.47 bits per heavy atom. The third-order valence-corrected chi connectivity index (χ3v) is 2.61. The molecule has 0 saturated heterocycles. The Morgan fingerprint density at radius 3 is 3.06 bits per heavy atom. The fourth-order valence-corrected chi connectivity index (χ4v) is 1.73. The summed E-state index contributed by atoms with van der Waals surface area (Å²) in [5, 5.41) is 2.84. The van der Waals surface area contributed by atoms with Crippen LogP contribution in [0.25, 0.3) is 11.1 Å². The monoisotopic (exact) mass is 272 g/mol. The highest BCUT2D eigenvalue weighted by molar-refractivity contribution is 6.28. The van der Waals surface area contributed by atoms with E-state index >= 15 is 0 Å².